The molecule has 7 heteroatoms. The van der Waals surface area contributed by atoms with Gasteiger partial charge in [0.25, 0.3) is 10.1 Å². The lowest BCUT2D eigenvalue weighted by atomic mass is 9.90. The molecule has 0 amide bonds. The fourth-order valence-electron chi connectivity index (χ4n) is 2.54. The van der Waals surface area contributed by atoms with Crippen LogP contribution < -0.4 is 0 Å². The smallest absolute Gasteiger partial charge is 0.245 e. The maximum Gasteiger partial charge on any atom is 0.422 e. The van der Waals surface area contributed by atoms with E-state index < -0.39 is 21.9 Å². The number of alkyl halides is 3. The highest BCUT2D eigenvalue weighted by molar-refractivity contribution is 7.86. The van der Waals surface area contributed by atoms with Crippen LogP contribution in [0.1, 0.15) is 34.7 Å². The van der Waals surface area contributed by atoms with Gasteiger partial charge in [-0.3, -0.25) is 0 Å². The van der Waals surface area contributed by atoms with E-state index in [1.807, 2.05) is 0 Å². The van der Waals surface area contributed by atoms with Crippen molar-refractivity contribution in [3.63, 3.8) is 0 Å². The molecule has 0 bridgehead atoms. The van der Waals surface area contributed by atoms with Crippen molar-refractivity contribution in [3.05, 3.63) is 64.2 Å². The molecule has 0 saturated heterocycles. The van der Waals surface area contributed by atoms with Crippen LogP contribution in [0.15, 0.2) is 41.3 Å². The number of rotatable bonds is 4. The second kappa shape index (κ2) is 6.70. The lowest BCUT2D eigenvalue weighted by molar-refractivity contribution is -0.246. The van der Waals surface area contributed by atoms with E-state index in [2.05, 4.69) is 0 Å². The monoisotopic (exact) mass is 386 g/mol. The topological polar surface area (TPSA) is 43.4 Å². The summed E-state index contributed by atoms with van der Waals surface area (Å²) in [6, 6.07) is 8.10. The van der Waals surface area contributed by atoms with Gasteiger partial charge in [-0.2, -0.15) is 21.6 Å². The van der Waals surface area contributed by atoms with Gasteiger partial charge in [-0.15, -0.1) is 0 Å². The van der Waals surface area contributed by atoms with E-state index in [9.17, 15) is 21.6 Å². The fourth-order valence-corrected chi connectivity index (χ4v) is 3.74. The summed E-state index contributed by atoms with van der Waals surface area (Å²) in [4.78, 5) is -0.320. The van der Waals surface area contributed by atoms with Gasteiger partial charge in [-0.25, -0.2) is 4.18 Å². The predicted octanol–water partition coefficient (Wildman–Crippen LogP) is 5.10. The summed E-state index contributed by atoms with van der Waals surface area (Å²) in [5.41, 5.74) is -0.355. The van der Waals surface area contributed by atoms with Gasteiger partial charge in [0.05, 0.1) is 4.90 Å². The molecule has 1 atom stereocenters. The average Bonchev–Trinajstić information content (AvgIpc) is 2.51. The Morgan fingerprint density at radius 1 is 0.885 bits per heavy atom. The maximum atomic E-state index is 13.9. The van der Waals surface area contributed by atoms with Gasteiger partial charge < -0.3 is 0 Å². The molecule has 0 heterocycles. The van der Waals surface area contributed by atoms with Crippen LogP contribution in [0.4, 0.5) is 13.2 Å². The molecule has 1 unspecified atom stereocenters. The number of benzene rings is 2. The molecular weight excluding hydrogens is 365 g/mol. The minimum atomic E-state index is -4.93. The standard InChI is InChI=1S/C19H21F3O3S/c1-12-6-8-17(9-7-12)26(23,24)25-18(5,19(20,21)22)16-10-13(2)15(4)14(3)11-16/h6-11H,1-5H3. The zero-order chi connectivity index (χ0) is 19.9. The van der Waals surface area contributed by atoms with Crippen molar-refractivity contribution >= 4 is 10.1 Å². The van der Waals surface area contributed by atoms with E-state index in [0.29, 0.717) is 11.1 Å². The molecule has 0 N–H and O–H groups in total. The van der Waals surface area contributed by atoms with E-state index in [-0.39, 0.29) is 10.5 Å². The van der Waals surface area contributed by atoms with Crippen molar-refractivity contribution in [3.8, 4) is 0 Å². The van der Waals surface area contributed by atoms with E-state index in [4.69, 9.17) is 4.18 Å². The summed E-state index contributed by atoms with van der Waals surface area (Å²) in [6.45, 7) is 7.63. The lowest BCUT2D eigenvalue weighted by Crippen LogP contribution is -2.43. The predicted molar refractivity (Wildman–Crippen MR) is 93.5 cm³/mol. The second-order valence-corrected chi connectivity index (χ2v) is 8.16. The van der Waals surface area contributed by atoms with E-state index in [1.54, 1.807) is 27.7 Å². The van der Waals surface area contributed by atoms with Crippen LogP contribution in [0.3, 0.4) is 0 Å². The van der Waals surface area contributed by atoms with E-state index in [1.165, 1.54) is 36.4 Å². The van der Waals surface area contributed by atoms with Crippen molar-refractivity contribution in [1.82, 2.24) is 0 Å². The zero-order valence-electron chi connectivity index (χ0n) is 15.2. The third kappa shape index (κ3) is 3.78. The Bertz CT molecular complexity index is 893. The number of halogens is 3. The summed E-state index contributed by atoms with van der Waals surface area (Å²) < 4.78 is 71.4. The second-order valence-electron chi connectivity index (χ2n) is 6.62. The molecule has 0 saturated carbocycles. The molecule has 3 nitrogen and oxygen atoms in total. The molecule has 0 aliphatic rings. The van der Waals surface area contributed by atoms with Crippen LogP contribution in [0.2, 0.25) is 0 Å². The van der Waals surface area contributed by atoms with E-state index in [0.717, 1.165) is 18.1 Å². The van der Waals surface area contributed by atoms with Gasteiger partial charge in [0, 0.05) is 0 Å². The third-order valence-corrected chi connectivity index (χ3v) is 6.01. The first-order valence-corrected chi connectivity index (χ1v) is 9.36. The molecule has 0 spiro atoms. The Morgan fingerprint density at radius 3 is 1.77 bits per heavy atom. The minimum Gasteiger partial charge on any atom is -0.245 e. The highest BCUT2D eigenvalue weighted by Gasteiger charge is 2.56. The van der Waals surface area contributed by atoms with Gasteiger partial charge in [0.1, 0.15) is 0 Å². The van der Waals surface area contributed by atoms with Gasteiger partial charge >= 0.3 is 6.18 Å². The van der Waals surface area contributed by atoms with Gasteiger partial charge in [-0.05, 0) is 69.0 Å². The molecule has 0 aliphatic carbocycles. The molecule has 2 aromatic rings. The van der Waals surface area contributed by atoms with Gasteiger partial charge in [0.2, 0.25) is 5.60 Å². The molecule has 142 valence electrons. The van der Waals surface area contributed by atoms with Crippen LogP contribution in [0.5, 0.6) is 0 Å². The fraction of sp³-hybridized carbons (Fsp3) is 0.368. The zero-order valence-corrected chi connectivity index (χ0v) is 16.0. The Kier molecular flexibility index (Phi) is 5.27. The first-order valence-electron chi connectivity index (χ1n) is 7.95. The van der Waals surface area contributed by atoms with Crippen LogP contribution in [0.25, 0.3) is 0 Å². The Morgan fingerprint density at radius 2 is 1.35 bits per heavy atom. The Labute approximate surface area is 151 Å². The Balaban J connectivity index is 2.60. The van der Waals surface area contributed by atoms with Crippen LogP contribution in [-0.4, -0.2) is 14.6 Å². The van der Waals surface area contributed by atoms with Crippen molar-refractivity contribution in [2.45, 2.75) is 51.3 Å². The summed E-state index contributed by atoms with van der Waals surface area (Å²) >= 11 is 0. The molecule has 0 fully saturated rings. The van der Waals surface area contributed by atoms with Crippen molar-refractivity contribution < 1.29 is 25.8 Å². The molecular formula is C19H21F3O3S. The lowest BCUT2D eigenvalue weighted by Gasteiger charge is -2.32. The molecule has 0 aromatic heterocycles. The van der Waals surface area contributed by atoms with Gasteiger partial charge in [-0.1, -0.05) is 29.8 Å². The van der Waals surface area contributed by atoms with Crippen molar-refractivity contribution in [2.24, 2.45) is 0 Å². The highest BCUT2D eigenvalue weighted by atomic mass is 32.2. The largest absolute Gasteiger partial charge is 0.422 e. The molecule has 26 heavy (non-hydrogen) atoms. The highest BCUT2D eigenvalue weighted by Crippen LogP contribution is 2.44. The molecule has 0 radical (unpaired) electrons. The van der Waals surface area contributed by atoms with Crippen molar-refractivity contribution in [1.29, 1.82) is 0 Å². The number of hydrogen-bond acceptors (Lipinski definition) is 3. The molecule has 2 aromatic carbocycles. The first-order chi connectivity index (χ1) is 11.8. The SMILES string of the molecule is Cc1ccc(S(=O)(=O)OC(C)(c2cc(C)c(C)c(C)c2)C(F)(F)F)cc1. The average molecular weight is 386 g/mol. The minimum absolute atomic E-state index is 0.249. The Hall–Kier alpha value is -1.86. The quantitative estimate of drug-likeness (QED) is 0.687. The van der Waals surface area contributed by atoms with Gasteiger partial charge in [0.15, 0.2) is 0 Å². The molecule has 2 rings (SSSR count). The van der Waals surface area contributed by atoms with Crippen LogP contribution in [-0.2, 0) is 19.9 Å². The third-order valence-electron chi connectivity index (χ3n) is 4.60. The van der Waals surface area contributed by atoms with Crippen molar-refractivity contribution in [2.75, 3.05) is 0 Å². The summed E-state index contributed by atoms with van der Waals surface area (Å²) in [7, 11) is -4.62. The summed E-state index contributed by atoms with van der Waals surface area (Å²) in [5, 5.41) is 0. The summed E-state index contributed by atoms with van der Waals surface area (Å²) in [5.74, 6) is 0. The van der Waals surface area contributed by atoms with Crippen LogP contribution in [0, 0.1) is 27.7 Å². The first kappa shape index (κ1) is 20.5. The maximum absolute atomic E-state index is 13.9. The van der Waals surface area contributed by atoms with Crippen LogP contribution >= 0.6 is 0 Å². The molecule has 0 aliphatic heterocycles. The number of aryl methyl sites for hydroxylation is 3. The van der Waals surface area contributed by atoms with E-state index >= 15 is 0 Å². The normalized spacial score (nSPS) is 14.9. The number of hydrogen-bond donors (Lipinski definition) is 0. The summed E-state index contributed by atoms with van der Waals surface area (Å²) in [6.07, 6.45) is -4.93.